The van der Waals surface area contributed by atoms with Crippen LogP contribution in [0.4, 0.5) is 15.8 Å². The fraction of sp³-hybridized carbons (Fsp3) is 0.533. The molecule has 0 atom stereocenters. The molecule has 0 fully saturated rings. The number of hydrogen-bond donors (Lipinski definition) is 2. The van der Waals surface area contributed by atoms with Gasteiger partial charge in [-0.1, -0.05) is 39.0 Å². The van der Waals surface area contributed by atoms with E-state index in [2.05, 4.69) is 12.2 Å². The van der Waals surface area contributed by atoms with E-state index in [1.165, 1.54) is 37.8 Å². The lowest BCUT2D eigenvalue weighted by molar-refractivity contribution is -0.116. The lowest BCUT2D eigenvalue weighted by Crippen LogP contribution is -2.11. The summed E-state index contributed by atoms with van der Waals surface area (Å²) in [6.45, 7) is 2.18. The van der Waals surface area contributed by atoms with Crippen molar-refractivity contribution in [2.24, 2.45) is 0 Å². The van der Waals surface area contributed by atoms with E-state index in [0.717, 1.165) is 12.8 Å². The Morgan fingerprint density at radius 1 is 1.16 bits per heavy atom. The molecule has 0 aromatic heterocycles. The van der Waals surface area contributed by atoms with Crippen LogP contribution in [0, 0.1) is 5.82 Å². The first-order chi connectivity index (χ1) is 9.11. The Balaban J connectivity index is 2.23. The van der Waals surface area contributed by atoms with Gasteiger partial charge in [0.05, 0.1) is 0 Å². The van der Waals surface area contributed by atoms with Gasteiger partial charge in [-0.3, -0.25) is 4.79 Å². The van der Waals surface area contributed by atoms with Crippen LogP contribution in [0.5, 0.6) is 0 Å². The molecular weight excluding hydrogens is 243 g/mol. The Morgan fingerprint density at radius 3 is 2.53 bits per heavy atom. The van der Waals surface area contributed by atoms with Crippen molar-refractivity contribution in [3.63, 3.8) is 0 Å². The van der Waals surface area contributed by atoms with Crippen LogP contribution in [0.3, 0.4) is 0 Å². The standard InChI is InChI=1S/C15H23FN2O/c1-2-3-4-5-6-7-8-15(19)18-14-10-12(16)9-13(17)11-14/h9-11H,2-8,17H2,1H3,(H,18,19). The lowest BCUT2D eigenvalue weighted by Gasteiger charge is -2.06. The molecule has 1 aromatic rings. The number of nitrogens with two attached hydrogens (primary N) is 1. The number of anilines is 2. The first-order valence-corrected chi connectivity index (χ1v) is 6.97. The molecule has 106 valence electrons. The summed E-state index contributed by atoms with van der Waals surface area (Å²) in [6, 6.07) is 4.06. The van der Waals surface area contributed by atoms with Gasteiger partial charge in [-0.25, -0.2) is 4.39 Å². The average Bonchev–Trinajstić information content (AvgIpc) is 2.32. The number of hydrogen-bond acceptors (Lipinski definition) is 2. The molecule has 0 unspecified atom stereocenters. The highest BCUT2D eigenvalue weighted by Gasteiger charge is 2.04. The van der Waals surface area contributed by atoms with Gasteiger partial charge in [0.2, 0.25) is 5.91 Å². The lowest BCUT2D eigenvalue weighted by atomic mass is 10.1. The van der Waals surface area contributed by atoms with Crippen molar-refractivity contribution in [3.8, 4) is 0 Å². The third-order valence-electron chi connectivity index (χ3n) is 2.96. The highest BCUT2D eigenvalue weighted by Crippen LogP contribution is 2.16. The molecule has 3 nitrogen and oxygen atoms in total. The molecule has 0 bridgehead atoms. The number of halogens is 1. The van der Waals surface area contributed by atoms with Crippen LogP contribution in [0.2, 0.25) is 0 Å². The highest BCUT2D eigenvalue weighted by atomic mass is 19.1. The molecule has 0 heterocycles. The van der Waals surface area contributed by atoms with Gasteiger partial charge in [0.25, 0.3) is 0 Å². The van der Waals surface area contributed by atoms with Crippen LogP contribution >= 0.6 is 0 Å². The molecule has 0 aliphatic rings. The SMILES string of the molecule is CCCCCCCCC(=O)Nc1cc(N)cc(F)c1. The molecule has 0 spiro atoms. The first-order valence-electron chi connectivity index (χ1n) is 6.97. The molecule has 1 rings (SSSR count). The molecule has 3 N–H and O–H groups in total. The molecule has 0 saturated heterocycles. The van der Waals surface area contributed by atoms with Crippen molar-refractivity contribution >= 4 is 17.3 Å². The zero-order valence-corrected chi connectivity index (χ0v) is 11.5. The predicted molar refractivity (Wildman–Crippen MR) is 77.4 cm³/mol. The summed E-state index contributed by atoms with van der Waals surface area (Å²) in [5.41, 5.74) is 6.25. The monoisotopic (exact) mass is 266 g/mol. The fourth-order valence-corrected chi connectivity index (χ4v) is 1.97. The maximum atomic E-state index is 13.1. The topological polar surface area (TPSA) is 55.1 Å². The number of nitrogen functional groups attached to an aromatic ring is 1. The van der Waals surface area contributed by atoms with Crippen molar-refractivity contribution in [2.75, 3.05) is 11.1 Å². The van der Waals surface area contributed by atoms with E-state index < -0.39 is 5.82 Å². The molecule has 0 radical (unpaired) electrons. The van der Waals surface area contributed by atoms with E-state index in [1.54, 1.807) is 6.07 Å². The Bertz CT molecular complexity index is 387. The maximum absolute atomic E-state index is 13.1. The van der Waals surface area contributed by atoms with Gasteiger partial charge >= 0.3 is 0 Å². The molecule has 19 heavy (non-hydrogen) atoms. The minimum atomic E-state index is -0.435. The second-order valence-corrected chi connectivity index (χ2v) is 4.84. The first kappa shape index (κ1) is 15.5. The Kier molecular flexibility index (Phi) is 6.93. The summed E-state index contributed by atoms with van der Waals surface area (Å²) >= 11 is 0. The third-order valence-corrected chi connectivity index (χ3v) is 2.96. The second kappa shape index (κ2) is 8.51. The van der Waals surface area contributed by atoms with E-state index in [9.17, 15) is 9.18 Å². The van der Waals surface area contributed by atoms with Crippen LogP contribution in [0.1, 0.15) is 51.9 Å². The van der Waals surface area contributed by atoms with Gasteiger partial charge in [0, 0.05) is 17.8 Å². The molecule has 0 aliphatic carbocycles. The summed E-state index contributed by atoms with van der Waals surface area (Å²) in [5.74, 6) is -0.518. The van der Waals surface area contributed by atoms with Crippen molar-refractivity contribution in [3.05, 3.63) is 24.0 Å². The van der Waals surface area contributed by atoms with Crippen molar-refractivity contribution in [2.45, 2.75) is 51.9 Å². The second-order valence-electron chi connectivity index (χ2n) is 4.84. The van der Waals surface area contributed by atoms with Crippen LogP contribution in [0.25, 0.3) is 0 Å². The summed E-state index contributed by atoms with van der Waals surface area (Å²) in [4.78, 5) is 11.6. The van der Waals surface area contributed by atoms with Gasteiger partial charge in [-0.2, -0.15) is 0 Å². The summed E-state index contributed by atoms with van der Waals surface area (Å²) in [6.07, 6.45) is 7.31. The van der Waals surface area contributed by atoms with Crippen molar-refractivity contribution in [1.82, 2.24) is 0 Å². The summed E-state index contributed by atoms with van der Waals surface area (Å²) < 4.78 is 13.1. The van der Waals surface area contributed by atoms with Crippen molar-refractivity contribution in [1.29, 1.82) is 0 Å². The fourth-order valence-electron chi connectivity index (χ4n) is 1.97. The van der Waals surface area contributed by atoms with Crippen LogP contribution in [-0.2, 0) is 4.79 Å². The van der Waals surface area contributed by atoms with E-state index in [0.29, 0.717) is 17.8 Å². The quantitative estimate of drug-likeness (QED) is 0.550. The number of carbonyl (C=O) groups excluding carboxylic acids is 1. The van der Waals surface area contributed by atoms with E-state index in [1.807, 2.05) is 0 Å². The zero-order valence-electron chi connectivity index (χ0n) is 11.5. The van der Waals surface area contributed by atoms with Crippen molar-refractivity contribution < 1.29 is 9.18 Å². The minimum Gasteiger partial charge on any atom is -0.399 e. The molecule has 1 aromatic carbocycles. The molecule has 0 saturated carbocycles. The van der Waals surface area contributed by atoms with Gasteiger partial charge in [0.1, 0.15) is 5.82 Å². The normalized spacial score (nSPS) is 10.4. The van der Waals surface area contributed by atoms with Crippen LogP contribution in [-0.4, -0.2) is 5.91 Å². The van der Waals surface area contributed by atoms with E-state index in [-0.39, 0.29) is 5.91 Å². The number of unbranched alkanes of at least 4 members (excludes halogenated alkanes) is 5. The van der Waals surface area contributed by atoms with E-state index >= 15 is 0 Å². The smallest absolute Gasteiger partial charge is 0.224 e. The highest BCUT2D eigenvalue weighted by molar-refractivity contribution is 5.91. The van der Waals surface area contributed by atoms with E-state index in [4.69, 9.17) is 5.73 Å². The van der Waals surface area contributed by atoms with Gasteiger partial charge < -0.3 is 11.1 Å². The van der Waals surface area contributed by atoms with Gasteiger partial charge in [-0.05, 0) is 24.6 Å². The molecular formula is C15H23FN2O. The number of rotatable bonds is 8. The Morgan fingerprint density at radius 2 is 1.84 bits per heavy atom. The summed E-state index contributed by atoms with van der Waals surface area (Å²) in [7, 11) is 0. The Labute approximate surface area is 114 Å². The summed E-state index contributed by atoms with van der Waals surface area (Å²) in [5, 5.41) is 2.67. The molecule has 4 heteroatoms. The number of nitrogens with one attached hydrogen (secondary N) is 1. The third kappa shape index (κ3) is 6.79. The van der Waals surface area contributed by atoms with Crippen LogP contribution < -0.4 is 11.1 Å². The Hall–Kier alpha value is -1.58. The predicted octanol–water partition coefficient (Wildman–Crippen LogP) is 4.10. The minimum absolute atomic E-state index is 0.0829. The van der Waals surface area contributed by atoms with Gasteiger partial charge in [0.15, 0.2) is 0 Å². The van der Waals surface area contributed by atoms with Crippen LogP contribution in [0.15, 0.2) is 18.2 Å². The largest absolute Gasteiger partial charge is 0.399 e. The number of amides is 1. The average molecular weight is 266 g/mol. The van der Waals surface area contributed by atoms with Gasteiger partial charge in [-0.15, -0.1) is 0 Å². The maximum Gasteiger partial charge on any atom is 0.224 e. The number of benzene rings is 1. The zero-order chi connectivity index (χ0) is 14.1. The molecule has 1 amide bonds. The molecule has 0 aliphatic heterocycles. The number of carbonyl (C=O) groups is 1.